The van der Waals surface area contributed by atoms with Gasteiger partial charge in [-0.15, -0.1) is 0 Å². The molecular formula is C26H31Cl3N2O5S. The number of sulfonamides is 1. The maximum atomic E-state index is 13.2. The Hall–Kier alpha value is -1.55. The number of morpholine rings is 1. The average molecular weight is 590 g/mol. The van der Waals surface area contributed by atoms with Crippen molar-refractivity contribution in [3.63, 3.8) is 0 Å². The lowest BCUT2D eigenvalue weighted by atomic mass is 9.76. The molecule has 0 bridgehead atoms. The first-order valence-electron chi connectivity index (χ1n) is 12.2. The van der Waals surface area contributed by atoms with Gasteiger partial charge in [-0.25, -0.2) is 12.7 Å². The van der Waals surface area contributed by atoms with Crippen LogP contribution in [-0.2, 0) is 25.3 Å². The molecule has 7 nitrogen and oxygen atoms in total. The van der Waals surface area contributed by atoms with Crippen molar-refractivity contribution in [3.05, 3.63) is 62.6 Å². The minimum atomic E-state index is -3.58. The van der Waals surface area contributed by atoms with Gasteiger partial charge < -0.3 is 14.4 Å². The van der Waals surface area contributed by atoms with Gasteiger partial charge in [-0.05, 0) is 61.2 Å². The Morgan fingerprint density at radius 2 is 1.65 bits per heavy atom. The van der Waals surface area contributed by atoms with E-state index in [9.17, 15) is 13.2 Å². The lowest BCUT2D eigenvalue weighted by molar-refractivity contribution is -0.139. The van der Waals surface area contributed by atoms with Crippen molar-refractivity contribution in [2.75, 3.05) is 46.0 Å². The van der Waals surface area contributed by atoms with Crippen LogP contribution < -0.4 is 4.74 Å². The van der Waals surface area contributed by atoms with E-state index < -0.39 is 15.4 Å². The van der Waals surface area contributed by atoms with Crippen LogP contribution in [0.2, 0.25) is 15.1 Å². The van der Waals surface area contributed by atoms with E-state index in [0.717, 1.165) is 5.56 Å². The molecule has 0 aromatic heterocycles. The second-order valence-electron chi connectivity index (χ2n) is 9.77. The number of carbonyl (C=O) groups excluding carboxylic acids is 1. The van der Waals surface area contributed by atoms with Gasteiger partial charge in [0.25, 0.3) is 0 Å². The molecule has 2 saturated heterocycles. The van der Waals surface area contributed by atoms with Crippen molar-refractivity contribution in [1.82, 2.24) is 9.21 Å². The first kappa shape index (κ1) is 28.5. The van der Waals surface area contributed by atoms with E-state index in [0.29, 0.717) is 91.6 Å². The standard InChI is InChI=1S/C26H31Cl3N2O5S/c1-19-14-21(3-5-22(19)27)36-18-26(16-25(32)30-10-12-35-13-11-30)6-8-31(9-7-26)37(33,34)17-20-2-4-23(28)24(29)15-20/h2-5,14-15H,6-13,16-18H2,1H3. The van der Waals surface area contributed by atoms with Crippen molar-refractivity contribution in [2.45, 2.75) is 31.9 Å². The number of amides is 1. The first-order chi connectivity index (χ1) is 17.6. The van der Waals surface area contributed by atoms with E-state index >= 15 is 0 Å². The van der Waals surface area contributed by atoms with Gasteiger partial charge in [-0.2, -0.15) is 0 Å². The molecule has 0 spiro atoms. The lowest BCUT2D eigenvalue weighted by Crippen LogP contribution is -2.49. The van der Waals surface area contributed by atoms with Crippen LogP contribution in [0.4, 0.5) is 0 Å². The van der Waals surface area contributed by atoms with Crippen LogP contribution in [0.3, 0.4) is 0 Å². The van der Waals surface area contributed by atoms with Crippen molar-refractivity contribution in [1.29, 1.82) is 0 Å². The Morgan fingerprint density at radius 1 is 0.973 bits per heavy atom. The van der Waals surface area contributed by atoms with Crippen molar-refractivity contribution in [3.8, 4) is 5.75 Å². The van der Waals surface area contributed by atoms with E-state index in [1.807, 2.05) is 24.0 Å². The average Bonchev–Trinajstić information content (AvgIpc) is 2.88. The number of hydrogen-bond acceptors (Lipinski definition) is 5. The summed E-state index contributed by atoms with van der Waals surface area (Å²) in [6.45, 7) is 5.02. The minimum absolute atomic E-state index is 0.0475. The number of nitrogens with zero attached hydrogens (tertiary/aromatic N) is 2. The molecule has 37 heavy (non-hydrogen) atoms. The SMILES string of the molecule is Cc1cc(OCC2(CC(=O)N3CCOCC3)CCN(S(=O)(=O)Cc3ccc(Cl)c(Cl)c3)CC2)ccc1Cl. The second-order valence-corrected chi connectivity index (χ2v) is 13.0. The zero-order valence-corrected chi connectivity index (χ0v) is 23.8. The van der Waals surface area contributed by atoms with Gasteiger partial charge in [0, 0.05) is 43.0 Å². The zero-order valence-electron chi connectivity index (χ0n) is 20.7. The molecule has 4 rings (SSSR count). The van der Waals surface area contributed by atoms with Crippen molar-refractivity contribution in [2.24, 2.45) is 5.41 Å². The van der Waals surface area contributed by atoms with E-state index in [-0.39, 0.29) is 11.7 Å². The van der Waals surface area contributed by atoms with Gasteiger partial charge >= 0.3 is 0 Å². The molecule has 2 aromatic carbocycles. The summed E-state index contributed by atoms with van der Waals surface area (Å²) >= 11 is 18.2. The molecule has 0 saturated carbocycles. The monoisotopic (exact) mass is 588 g/mol. The predicted molar refractivity (Wildman–Crippen MR) is 146 cm³/mol. The molecule has 2 aliphatic heterocycles. The molecule has 2 aromatic rings. The predicted octanol–water partition coefficient (Wildman–Crippen LogP) is 5.20. The summed E-state index contributed by atoms with van der Waals surface area (Å²) in [6.07, 6.45) is 1.31. The summed E-state index contributed by atoms with van der Waals surface area (Å²) in [6, 6.07) is 10.3. The van der Waals surface area contributed by atoms with E-state index in [1.165, 1.54) is 4.31 Å². The molecule has 202 valence electrons. The molecule has 11 heteroatoms. The number of rotatable bonds is 8. The van der Waals surface area contributed by atoms with Gasteiger partial charge in [0.15, 0.2) is 0 Å². The van der Waals surface area contributed by atoms with Crippen molar-refractivity contribution >= 4 is 50.7 Å². The Bertz CT molecular complexity index is 1230. The summed E-state index contributed by atoms with van der Waals surface area (Å²) in [4.78, 5) is 15.0. The Labute approximate surface area is 233 Å². The van der Waals surface area contributed by atoms with Crippen LogP contribution in [0.1, 0.15) is 30.4 Å². The van der Waals surface area contributed by atoms with E-state index in [2.05, 4.69) is 0 Å². The third-order valence-corrected chi connectivity index (χ3v) is 10.1. The lowest BCUT2D eigenvalue weighted by Gasteiger charge is -2.42. The third-order valence-electron chi connectivity index (χ3n) is 7.07. The number of piperidine rings is 1. The maximum Gasteiger partial charge on any atom is 0.223 e. The van der Waals surface area contributed by atoms with Crippen LogP contribution in [0, 0.1) is 12.3 Å². The van der Waals surface area contributed by atoms with Crippen LogP contribution in [-0.4, -0.2) is 69.5 Å². The molecule has 0 N–H and O–H groups in total. The maximum absolute atomic E-state index is 13.2. The summed E-state index contributed by atoms with van der Waals surface area (Å²) in [5, 5.41) is 1.36. The van der Waals surface area contributed by atoms with Crippen molar-refractivity contribution < 1.29 is 22.7 Å². The Morgan fingerprint density at radius 3 is 2.30 bits per heavy atom. The van der Waals surface area contributed by atoms with E-state index in [4.69, 9.17) is 44.3 Å². The smallest absolute Gasteiger partial charge is 0.223 e. The number of halogens is 3. The molecule has 2 fully saturated rings. The summed E-state index contributed by atoms with van der Waals surface area (Å²) in [5.74, 6) is 0.561. The highest BCUT2D eigenvalue weighted by Crippen LogP contribution is 2.38. The molecule has 0 unspecified atom stereocenters. The van der Waals surface area contributed by atoms with E-state index in [1.54, 1.807) is 24.3 Å². The molecule has 2 heterocycles. The summed E-state index contributed by atoms with van der Waals surface area (Å²) in [7, 11) is -3.58. The highest BCUT2D eigenvalue weighted by Gasteiger charge is 2.41. The number of ether oxygens (including phenoxy) is 2. The van der Waals surface area contributed by atoms with Gasteiger partial charge in [0.2, 0.25) is 15.9 Å². The molecular weight excluding hydrogens is 559 g/mol. The van der Waals surface area contributed by atoms with Gasteiger partial charge in [-0.3, -0.25) is 4.79 Å². The highest BCUT2D eigenvalue weighted by atomic mass is 35.5. The number of benzene rings is 2. The van der Waals surface area contributed by atoms with Crippen LogP contribution in [0.5, 0.6) is 5.75 Å². The number of hydrogen-bond donors (Lipinski definition) is 0. The van der Waals surface area contributed by atoms with Crippen LogP contribution in [0.15, 0.2) is 36.4 Å². The topological polar surface area (TPSA) is 76.2 Å². The first-order valence-corrected chi connectivity index (χ1v) is 15.0. The second kappa shape index (κ2) is 12.1. The normalized spacial score (nSPS) is 18.5. The number of carbonyl (C=O) groups is 1. The third kappa shape index (κ3) is 7.31. The fourth-order valence-corrected chi connectivity index (χ4v) is 6.69. The largest absolute Gasteiger partial charge is 0.493 e. The summed E-state index contributed by atoms with van der Waals surface area (Å²) in [5.41, 5.74) is 0.995. The number of aryl methyl sites for hydroxylation is 1. The van der Waals surface area contributed by atoms with Crippen LogP contribution >= 0.6 is 34.8 Å². The highest BCUT2D eigenvalue weighted by molar-refractivity contribution is 7.88. The zero-order chi connectivity index (χ0) is 26.6. The fraction of sp³-hybridized carbons (Fsp3) is 0.500. The van der Waals surface area contributed by atoms with Crippen LogP contribution in [0.25, 0.3) is 0 Å². The van der Waals surface area contributed by atoms with Gasteiger partial charge in [-0.1, -0.05) is 40.9 Å². The quantitative estimate of drug-likeness (QED) is 0.423. The fourth-order valence-electron chi connectivity index (χ4n) is 4.73. The Kier molecular flexibility index (Phi) is 9.30. The minimum Gasteiger partial charge on any atom is -0.493 e. The molecule has 1 amide bonds. The van der Waals surface area contributed by atoms with Gasteiger partial charge in [0.1, 0.15) is 5.75 Å². The summed E-state index contributed by atoms with van der Waals surface area (Å²) < 4.78 is 39.4. The molecule has 0 radical (unpaired) electrons. The Balaban J connectivity index is 1.46. The molecule has 0 aliphatic carbocycles. The molecule has 0 atom stereocenters. The van der Waals surface area contributed by atoms with Gasteiger partial charge in [0.05, 0.1) is 35.6 Å². The molecule has 2 aliphatic rings.